The topological polar surface area (TPSA) is 111 Å². The molecule has 0 unspecified atom stereocenters. The summed E-state index contributed by atoms with van der Waals surface area (Å²) < 4.78 is 15.6. The lowest BCUT2D eigenvalue weighted by atomic mass is 10.2. The Morgan fingerprint density at radius 2 is 1.86 bits per heavy atom. The number of hydrogen-bond acceptors (Lipinski definition) is 7. The Labute approximate surface area is 120 Å². The molecule has 0 bridgehead atoms. The first-order valence-electron chi connectivity index (χ1n) is 6.00. The fourth-order valence-corrected chi connectivity index (χ4v) is 1.71. The van der Waals surface area contributed by atoms with Crippen molar-refractivity contribution in [1.82, 2.24) is 20.6 Å². The van der Waals surface area contributed by atoms with Crippen LogP contribution in [0.25, 0.3) is 0 Å². The molecular weight excluding hydrogens is 278 g/mol. The van der Waals surface area contributed by atoms with Crippen molar-refractivity contribution in [1.29, 1.82) is 0 Å². The van der Waals surface area contributed by atoms with Crippen LogP contribution in [0.4, 0.5) is 5.69 Å². The molecule has 2 rings (SSSR count). The van der Waals surface area contributed by atoms with Crippen molar-refractivity contribution in [2.75, 3.05) is 26.6 Å². The summed E-state index contributed by atoms with van der Waals surface area (Å²) >= 11 is 0. The molecule has 9 heteroatoms. The predicted octanol–water partition coefficient (Wildman–Crippen LogP) is 0.407. The van der Waals surface area contributed by atoms with E-state index in [1.807, 2.05) is 0 Å². The number of nitrogens with zero attached hydrogens (tertiary/aromatic N) is 3. The molecule has 0 aliphatic carbocycles. The highest BCUT2D eigenvalue weighted by Gasteiger charge is 2.17. The molecule has 0 spiro atoms. The number of amides is 1. The summed E-state index contributed by atoms with van der Waals surface area (Å²) in [5, 5.41) is 15.8. The summed E-state index contributed by atoms with van der Waals surface area (Å²) in [5.41, 5.74) is 0.411. The molecule has 0 saturated carbocycles. The number of hydrogen-bond donors (Lipinski definition) is 2. The van der Waals surface area contributed by atoms with E-state index in [0.29, 0.717) is 28.8 Å². The third-order valence-electron chi connectivity index (χ3n) is 2.69. The maximum Gasteiger partial charge on any atom is 0.232 e. The van der Waals surface area contributed by atoms with Gasteiger partial charge in [-0.1, -0.05) is 5.21 Å². The number of carbonyl (C=O) groups is 1. The number of anilines is 1. The second-order valence-corrected chi connectivity index (χ2v) is 3.96. The smallest absolute Gasteiger partial charge is 0.232 e. The number of carbonyl (C=O) groups excluding carboxylic acids is 1. The Kier molecular flexibility index (Phi) is 4.54. The standard InChI is InChI=1S/C12H15N5O4/c1-19-7-4-8(20-2)12(9(5-7)21-3)13-11(18)6-10-14-16-17-15-10/h4-5H,6H2,1-3H3,(H,13,18)(H,14,15,16,17). The number of rotatable bonds is 6. The van der Waals surface area contributed by atoms with Crippen molar-refractivity contribution in [3.8, 4) is 17.2 Å². The Morgan fingerprint density at radius 1 is 1.19 bits per heavy atom. The summed E-state index contributed by atoms with van der Waals surface area (Å²) in [7, 11) is 4.51. The van der Waals surface area contributed by atoms with Gasteiger partial charge in [0.15, 0.2) is 5.82 Å². The first-order valence-corrected chi connectivity index (χ1v) is 6.00. The number of nitrogens with one attached hydrogen (secondary N) is 2. The summed E-state index contributed by atoms with van der Waals surface area (Å²) in [6, 6.07) is 3.29. The minimum atomic E-state index is -0.321. The zero-order valence-electron chi connectivity index (χ0n) is 11.8. The van der Waals surface area contributed by atoms with Crippen LogP contribution in [0.2, 0.25) is 0 Å². The highest BCUT2D eigenvalue weighted by atomic mass is 16.5. The van der Waals surface area contributed by atoms with Crippen molar-refractivity contribution in [2.45, 2.75) is 6.42 Å². The first-order chi connectivity index (χ1) is 10.2. The number of methoxy groups -OCH3 is 3. The van der Waals surface area contributed by atoms with Crippen molar-refractivity contribution < 1.29 is 19.0 Å². The van der Waals surface area contributed by atoms with Crippen molar-refractivity contribution in [3.63, 3.8) is 0 Å². The van der Waals surface area contributed by atoms with E-state index in [1.54, 1.807) is 12.1 Å². The molecular formula is C12H15N5O4. The van der Waals surface area contributed by atoms with Crippen molar-refractivity contribution >= 4 is 11.6 Å². The van der Waals surface area contributed by atoms with E-state index in [4.69, 9.17) is 14.2 Å². The van der Waals surface area contributed by atoms with E-state index in [9.17, 15) is 4.79 Å². The molecule has 1 amide bonds. The van der Waals surface area contributed by atoms with Crippen LogP contribution < -0.4 is 19.5 Å². The van der Waals surface area contributed by atoms with Crippen LogP contribution in [0.3, 0.4) is 0 Å². The second kappa shape index (κ2) is 6.55. The average Bonchev–Trinajstić information content (AvgIpc) is 3.00. The maximum absolute atomic E-state index is 12.0. The van der Waals surface area contributed by atoms with Crippen LogP contribution in [0.15, 0.2) is 12.1 Å². The number of aromatic nitrogens is 4. The number of tetrazole rings is 1. The molecule has 0 atom stereocenters. The van der Waals surface area contributed by atoms with E-state index < -0.39 is 0 Å². The molecule has 1 heterocycles. The zero-order chi connectivity index (χ0) is 15.2. The van der Waals surface area contributed by atoms with Gasteiger partial charge in [0.05, 0.1) is 27.8 Å². The second-order valence-electron chi connectivity index (χ2n) is 3.96. The van der Waals surface area contributed by atoms with Gasteiger partial charge in [-0.25, -0.2) is 0 Å². The third-order valence-corrected chi connectivity index (χ3v) is 2.69. The van der Waals surface area contributed by atoms with Gasteiger partial charge in [0, 0.05) is 12.1 Å². The van der Waals surface area contributed by atoms with E-state index in [2.05, 4.69) is 25.9 Å². The van der Waals surface area contributed by atoms with Gasteiger partial charge in [0.2, 0.25) is 5.91 Å². The molecule has 0 radical (unpaired) electrons. The molecule has 2 aromatic rings. The van der Waals surface area contributed by atoms with Gasteiger partial charge in [-0.05, 0) is 0 Å². The van der Waals surface area contributed by atoms with E-state index >= 15 is 0 Å². The third kappa shape index (κ3) is 3.38. The number of ether oxygens (including phenoxy) is 3. The molecule has 0 aliphatic heterocycles. The van der Waals surface area contributed by atoms with Gasteiger partial charge in [-0.2, -0.15) is 5.21 Å². The van der Waals surface area contributed by atoms with Gasteiger partial charge in [0.1, 0.15) is 22.9 Å². The van der Waals surface area contributed by atoms with Gasteiger partial charge >= 0.3 is 0 Å². The normalized spacial score (nSPS) is 10.0. The molecule has 2 N–H and O–H groups in total. The van der Waals surface area contributed by atoms with Crippen LogP contribution in [-0.4, -0.2) is 47.9 Å². The summed E-state index contributed by atoms with van der Waals surface area (Å²) in [6.45, 7) is 0. The Hall–Kier alpha value is -2.84. The lowest BCUT2D eigenvalue weighted by Gasteiger charge is -2.15. The van der Waals surface area contributed by atoms with Crippen molar-refractivity contribution in [3.05, 3.63) is 18.0 Å². The van der Waals surface area contributed by atoms with Crippen LogP contribution in [0, 0.1) is 0 Å². The van der Waals surface area contributed by atoms with Gasteiger partial charge in [-0.15, -0.1) is 10.2 Å². The van der Waals surface area contributed by atoms with Crippen LogP contribution in [0.1, 0.15) is 5.82 Å². The predicted molar refractivity (Wildman–Crippen MR) is 72.6 cm³/mol. The van der Waals surface area contributed by atoms with E-state index in [1.165, 1.54) is 21.3 Å². The van der Waals surface area contributed by atoms with E-state index in [-0.39, 0.29) is 12.3 Å². The SMILES string of the molecule is COc1cc(OC)c(NC(=O)Cc2nn[nH]n2)c(OC)c1. The highest BCUT2D eigenvalue weighted by Crippen LogP contribution is 2.38. The number of aromatic amines is 1. The minimum Gasteiger partial charge on any atom is -0.496 e. The van der Waals surface area contributed by atoms with Crippen molar-refractivity contribution in [2.24, 2.45) is 0 Å². The lowest BCUT2D eigenvalue weighted by Crippen LogP contribution is -2.16. The quantitative estimate of drug-likeness (QED) is 0.793. The minimum absolute atomic E-state index is 0.0190. The largest absolute Gasteiger partial charge is 0.496 e. The summed E-state index contributed by atoms with van der Waals surface area (Å²) in [4.78, 5) is 12.0. The molecule has 0 aliphatic rings. The number of benzene rings is 1. The Bertz CT molecular complexity index is 589. The Balaban J connectivity index is 2.23. The molecule has 0 fully saturated rings. The summed E-state index contributed by atoms with van der Waals surface area (Å²) in [5.74, 6) is 1.37. The fraction of sp³-hybridized carbons (Fsp3) is 0.333. The maximum atomic E-state index is 12.0. The van der Waals surface area contributed by atoms with Crippen LogP contribution in [0.5, 0.6) is 17.2 Å². The molecule has 21 heavy (non-hydrogen) atoms. The monoisotopic (exact) mass is 293 g/mol. The lowest BCUT2D eigenvalue weighted by molar-refractivity contribution is -0.115. The summed E-state index contributed by atoms with van der Waals surface area (Å²) in [6.07, 6.45) is -0.0190. The molecule has 1 aromatic carbocycles. The molecule has 112 valence electrons. The highest BCUT2D eigenvalue weighted by molar-refractivity contribution is 5.95. The van der Waals surface area contributed by atoms with Crippen LogP contribution in [-0.2, 0) is 11.2 Å². The molecule has 0 saturated heterocycles. The average molecular weight is 293 g/mol. The first kappa shape index (κ1) is 14.6. The van der Waals surface area contributed by atoms with Gasteiger partial charge < -0.3 is 19.5 Å². The fourth-order valence-electron chi connectivity index (χ4n) is 1.71. The Morgan fingerprint density at radius 3 is 2.33 bits per heavy atom. The zero-order valence-corrected chi connectivity index (χ0v) is 11.8. The molecule has 1 aromatic heterocycles. The molecule has 9 nitrogen and oxygen atoms in total. The van der Waals surface area contributed by atoms with E-state index in [0.717, 1.165) is 0 Å². The number of H-pyrrole nitrogens is 1. The van der Waals surface area contributed by atoms with Gasteiger partial charge in [0.25, 0.3) is 0 Å². The van der Waals surface area contributed by atoms with Gasteiger partial charge in [-0.3, -0.25) is 4.79 Å². The van der Waals surface area contributed by atoms with Crippen LogP contribution >= 0.6 is 0 Å².